The van der Waals surface area contributed by atoms with Gasteiger partial charge in [0.1, 0.15) is 0 Å². The van der Waals surface area contributed by atoms with Crippen LogP contribution in [0.1, 0.15) is 27.7 Å². The molecule has 49 valence electrons. The highest BCUT2D eigenvalue weighted by Gasteiger charge is 2.04. The summed E-state index contributed by atoms with van der Waals surface area (Å²) in [4.78, 5) is 0. The van der Waals surface area contributed by atoms with Gasteiger partial charge in [0, 0.05) is 11.0 Å². The Kier molecular flexibility index (Phi) is 4.44. The highest BCUT2D eigenvalue weighted by atomic mass is 32.2. The molecule has 0 aliphatic rings. The molecule has 0 aromatic heterocycles. The van der Waals surface area contributed by atoms with Gasteiger partial charge < -0.3 is 0 Å². The molecule has 0 aromatic carbocycles. The van der Waals surface area contributed by atoms with Gasteiger partial charge in [-0.05, 0) is 5.92 Å². The van der Waals surface area contributed by atoms with Crippen LogP contribution in [-0.2, 0) is 0 Å². The number of hydrogen-bond acceptors (Lipinski definition) is 1. The van der Waals surface area contributed by atoms with Crippen molar-refractivity contribution in [1.29, 1.82) is 0 Å². The van der Waals surface area contributed by atoms with Crippen molar-refractivity contribution in [1.82, 2.24) is 0 Å². The topological polar surface area (TPSA) is 0 Å². The average molecular weight is 131 g/mol. The van der Waals surface area contributed by atoms with Gasteiger partial charge in [0.25, 0.3) is 0 Å². The molecule has 0 rings (SSSR count). The zero-order chi connectivity index (χ0) is 6.57. The van der Waals surface area contributed by atoms with Crippen LogP contribution in [-0.4, -0.2) is 5.25 Å². The molecule has 0 aromatic rings. The van der Waals surface area contributed by atoms with Gasteiger partial charge in [-0.1, -0.05) is 27.7 Å². The molecule has 0 aliphatic carbocycles. The van der Waals surface area contributed by atoms with Gasteiger partial charge in [0.05, 0.1) is 0 Å². The summed E-state index contributed by atoms with van der Waals surface area (Å²) in [6.07, 6.45) is 0. The van der Waals surface area contributed by atoms with Crippen LogP contribution in [0.5, 0.6) is 0 Å². The molecule has 1 heteroatoms. The lowest BCUT2D eigenvalue weighted by atomic mass is 10.2. The first-order chi connectivity index (χ1) is 3.68. The standard InChI is InChI=1S/C7H15S/c1-5-8-7(4)6(2)3/h5-7H,1-4H3. The maximum Gasteiger partial charge on any atom is 0.0138 e. The fraction of sp³-hybridized carbons (Fsp3) is 0.857. The number of thioether (sulfide) groups is 1. The smallest absolute Gasteiger partial charge is 0.0138 e. The van der Waals surface area contributed by atoms with E-state index >= 15 is 0 Å². The van der Waals surface area contributed by atoms with Crippen LogP contribution in [0.2, 0.25) is 0 Å². The Bertz CT molecular complexity index is 50.3. The normalized spacial score (nSPS) is 14.6. The van der Waals surface area contributed by atoms with E-state index in [1.807, 2.05) is 11.8 Å². The molecule has 0 amide bonds. The van der Waals surface area contributed by atoms with E-state index in [0.717, 1.165) is 11.2 Å². The molecule has 0 fully saturated rings. The molecule has 0 spiro atoms. The Morgan fingerprint density at radius 3 is 1.88 bits per heavy atom. The van der Waals surface area contributed by atoms with Gasteiger partial charge in [0.2, 0.25) is 0 Å². The fourth-order valence-corrected chi connectivity index (χ4v) is 1.12. The summed E-state index contributed by atoms with van der Waals surface area (Å²) < 4.78 is 0. The monoisotopic (exact) mass is 131 g/mol. The maximum absolute atomic E-state index is 2.26. The SMILES string of the molecule is C[CH]SC(C)C(C)C. The fourth-order valence-electron chi connectivity index (χ4n) is 0.372. The minimum atomic E-state index is 0.778. The Hall–Kier alpha value is 0.350. The van der Waals surface area contributed by atoms with Crippen molar-refractivity contribution in [3.05, 3.63) is 5.75 Å². The lowest BCUT2D eigenvalue weighted by molar-refractivity contribution is 0.643. The Labute approximate surface area is 57.1 Å². The summed E-state index contributed by atoms with van der Waals surface area (Å²) in [6, 6.07) is 0. The summed E-state index contributed by atoms with van der Waals surface area (Å²) in [7, 11) is 0. The zero-order valence-corrected chi connectivity index (χ0v) is 6.96. The molecule has 0 aliphatic heterocycles. The minimum Gasteiger partial charge on any atom is -0.154 e. The van der Waals surface area contributed by atoms with Gasteiger partial charge in [-0.15, -0.1) is 0 Å². The molecule has 1 radical (unpaired) electrons. The quantitative estimate of drug-likeness (QED) is 0.567. The number of hydrogen-bond donors (Lipinski definition) is 0. The third-order valence-electron chi connectivity index (χ3n) is 1.29. The first-order valence-corrected chi connectivity index (χ1v) is 4.06. The van der Waals surface area contributed by atoms with Crippen LogP contribution in [0, 0.1) is 11.7 Å². The second-order valence-corrected chi connectivity index (χ2v) is 3.81. The molecule has 0 bridgehead atoms. The summed E-state index contributed by atoms with van der Waals surface area (Å²) >= 11 is 1.91. The Morgan fingerprint density at radius 1 is 1.25 bits per heavy atom. The zero-order valence-electron chi connectivity index (χ0n) is 6.14. The predicted octanol–water partition coefficient (Wildman–Crippen LogP) is 2.95. The molecule has 0 nitrogen and oxygen atoms in total. The van der Waals surface area contributed by atoms with Crippen LogP contribution >= 0.6 is 11.8 Å². The third kappa shape index (κ3) is 3.36. The van der Waals surface area contributed by atoms with Crippen LogP contribution in [0.15, 0.2) is 0 Å². The average Bonchev–Trinajstić information content (AvgIpc) is 1.67. The van der Waals surface area contributed by atoms with E-state index in [1.54, 1.807) is 0 Å². The van der Waals surface area contributed by atoms with Crippen molar-refractivity contribution in [2.45, 2.75) is 32.9 Å². The lowest BCUT2D eigenvalue weighted by Crippen LogP contribution is -2.04. The van der Waals surface area contributed by atoms with Crippen molar-refractivity contribution in [3.8, 4) is 0 Å². The van der Waals surface area contributed by atoms with Crippen LogP contribution in [0.3, 0.4) is 0 Å². The van der Waals surface area contributed by atoms with Crippen molar-refractivity contribution >= 4 is 11.8 Å². The minimum absolute atomic E-state index is 0.778. The Morgan fingerprint density at radius 2 is 1.75 bits per heavy atom. The second-order valence-electron chi connectivity index (χ2n) is 2.32. The van der Waals surface area contributed by atoms with Crippen molar-refractivity contribution in [3.63, 3.8) is 0 Å². The van der Waals surface area contributed by atoms with Crippen molar-refractivity contribution in [2.75, 3.05) is 0 Å². The van der Waals surface area contributed by atoms with Crippen molar-refractivity contribution < 1.29 is 0 Å². The maximum atomic E-state index is 2.26. The highest BCUT2D eigenvalue weighted by molar-refractivity contribution is 8.01. The summed E-state index contributed by atoms with van der Waals surface area (Å²) in [5, 5.41) is 0.778. The molecule has 0 saturated heterocycles. The summed E-state index contributed by atoms with van der Waals surface area (Å²) in [5.41, 5.74) is 0. The van der Waals surface area contributed by atoms with Gasteiger partial charge >= 0.3 is 0 Å². The molecule has 1 unspecified atom stereocenters. The van der Waals surface area contributed by atoms with Gasteiger partial charge in [-0.2, -0.15) is 11.8 Å². The largest absolute Gasteiger partial charge is 0.154 e. The predicted molar refractivity (Wildman–Crippen MR) is 41.9 cm³/mol. The third-order valence-corrected chi connectivity index (χ3v) is 2.54. The van der Waals surface area contributed by atoms with E-state index in [9.17, 15) is 0 Å². The molecule has 0 heterocycles. The molecule has 8 heavy (non-hydrogen) atoms. The van der Waals surface area contributed by atoms with E-state index in [0.29, 0.717) is 0 Å². The van der Waals surface area contributed by atoms with E-state index in [4.69, 9.17) is 0 Å². The molecular weight excluding hydrogens is 116 g/mol. The molecule has 0 N–H and O–H groups in total. The van der Waals surface area contributed by atoms with E-state index < -0.39 is 0 Å². The first-order valence-electron chi connectivity index (χ1n) is 3.11. The lowest BCUT2D eigenvalue weighted by Gasteiger charge is -2.12. The van der Waals surface area contributed by atoms with E-state index in [2.05, 4.69) is 33.4 Å². The second kappa shape index (κ2) is 4.25. The van der Waals surface area contributed by atoms with Gasteiger partial charge in [0.15, 0.2) is 0 Å². The Balaban J connectivity index is 3.17. The van der Waals surface area contributed by atoms with Crippen molar-refractivity contribution in [2.24, 2.45) is 5.92 Å². The molecule has 1 atom stereocenters. The first kappa shape index (κ1) is 8.35. The van der Waals surface area contributed by atoms with Crippen LogP contribution in [0.4, 0.5) is 0 Å². The summed E-state index contributed by atoms with van der Waals surface area (Å²) in [5.74, 6) is 2.96. The number of rotatable bonds is 3. The van der Waals surface area contributed by atoms with Gasteiger partial charge in [-0.3, -0.25) is 0 Å². The molecular formula is C7H15S. The summed E-state index contributed by atoms with van der Waals surface area (Å²) in [6.45, 7) is 8.85. The van der Waals surface area contributed by atoms with E-state index in [1.165, 1.54) is 0 Å². The van der Waals surface area contributed by atoms with Gasteiger partial charge in [-0.25, -0.2) is 0 Å². The van der Waals surface area contributed by atoms with Crippen LogP contribution < -0.4 is 0 Å². The van der Waals surface area contributed by atoms with E-state index in [-0.39, 0.29) is 0 Å². The highest BCUT2D eigenvalue weighted by Crippen LogP contribution is 2.19. The molecule has 0 saturated carbocycles. The van der Waals surface area contributed by atoms with Crippen LogP contribution in [0.25, 0.3) is 0 Å².